The Labute approximate surface area is 154 Å². The molecule has 0 aliphatic rings. The molecule has 1 aromatic carbocycles. The van der Waals surface area contributed by atoms with Gasteiger partial charge in [-0.25, -0.2) is 9.59 Å². The lowest BCUT2D eigenvalue weighted by molar-refractivity contribution is -0.142. The minimum absolute atomic E-state index is 0.152. The highest BCUT2D eigenvalue weighted by molar-refractivity contribution is 5.89. The summed E-state index contributed by atoms with van der Waals surface area (Å²) in [6.45, 7) is 8.68. The lowest BCUT2D eigenvalue weighted by atomic mass is 10.0. The van der Waals surface area contributed by atoms with Crippen LogP contribution in [0.1, 0.15) is 40.2 Å². The first-order chi connectivity index (χ1) is 12.0. The van der Waals surface area contributed by atoms with Crippen molar-refractivity contribution in [2.45, 2.75) is 58.7 Å². The van der Waals surface area contributed by atoms with Crippen LogP contribution in [0.5, 0.6) is 0 Å². The van der Waals surface area contributed by atoms with E-state index in [0.29, 0.717) is 0 Å². The number of carbonyl (C=O) groups excluding carboxylic acids is 2. The summed E-state index contributed by atoms with van der Waals surface area (Å²) in [7, 11) is 0. The smallest absolute Gasteiger partial charge is 0.408 e. The maximum atomic E-state index is 12.5. The van der Waals surface area contributed by atoms with Gasteiger partial charge in [-0.2, -0.15) is 0 Å². The van der Waals surface area contributed by atoms with Crippen LogP contribution in [0.4, 0.5) is 4.79 Å². The number of benzene rings is 1. The van der Waals surface area contributed by atoms with Gasteiger partial charge in [0.05, 0.1) is 0 Å². The van der Waals surface area contributed by atoms with Gasteiger partial charge in [-0.05, 0) is 32.3 Å². The molecule has 0 fully saturated rings. The van der Waals surface area contributed by atoms with Gasteiger partial charge in [0, 0.05) is 6.42 Å². The number of alkyl carbamates (subject to hydrolysis) is 1. The number of nitrogens with one attached hydrogen (secondary N) is 2. The first-order valence-corrected chi connectivity index (χ1v) is 8.56. The SMILES string of the molecule is CC(C)[C@H](NC(=O)OC(C)(C)C)C(=O)N[C@@H](Cc1ccccc1)C(=O)O. The molecule has 2 amide bonds. The van der Waals surface area contributed by atoms with Crippen molar-refractivity contribution in [2.75, 3.05) is 0 Å². The molecule has 0 saturated heterocycles. The van der Waals surface area contributed by atoms with Crippen molar-refractivity contribution in [3.05, 3.63) is 35.9 Å². The monoisotopic (exact) mass is 364 g/mol. The van der Waals surface area contributed by atoms with Crippen molar-refractivity contribution >= 4 is 18.0 Å². The molecule has 0 radical (unpaired) electrons. The van der Waals surface area contributed by atoms with Crippen LogP contribution in [0, 0.1) is 5.92 Å². The molecule has 2 atom stereocenters. The largest absolute Gasteiger partial charge is 0.480 e. The Morgan fingerprint density at radius 2 is 1.65 bits per heavy atom. The Bertz CT molecular complexity index is 623. The Kier molecular flexibility index (Phi) is 7.61. The van der Waals surface area contributed by atoms with E-state index in [-0.39, 0.29) is 12.3 Å². The van der Waals surface area contributed by atoms with Crippen LogP contribution in [-0.2, 0) is 20.7 Å². The number of carboxylic acids is 1. The average molecular weight is 364 g/mol. The second kappa shape index (κ2) is 9.22. The zero-order valence-corrected chi connectivity index (χ0v) is 15.9. The van der Waals surface area contributed by atoms with E-state index in [2.05, 4.69) is 10.6 Å². The van der Waals surface area contributed by atoms with E-state index in [0.717, 1.165) is 5.56 Å². The minimum atomic E-state index is -1.14. The van der Waals surface area contributed by atoms with Gasteiger partial charge >= 0.3 is 12.1 Å². The molecular formula is C19H28N2O5. The van der Waals surface area contributed by atoms with Gasteiger partial charge in [0.15, 0.2) is 0 Å². The fourth-order valence-electron chi connectivity index (χ4n) is 2.28. The first kappa shape index (κ1) is 21.5. The summed E-state index contributed by atoms with van der Waals surface area (Å²) >= 11 is 0. The van der Waals surface area contributed by atoms with Crippen molar-refractivity contribution in [3.8, 4) is 0 Å². The fraction of sp³-hybridized carbons (Fsp3) is 0.526. The van der Waals surface area contributed by atoms with E-state index in [4.69, 9.17) is 4.74 Å². The highest BCUT2D eigenvalue weighted by atomic mass is 16.6. The van der Waals surface area contributed by atoms with Gasteiger partial charge in [0.1, 0.15) is 17.7 Å². The Morgan fingerprint density at radius 1 is 1.08 bits per heavy atom. The maximum Gasteiger partial charge on any atom is 0.408 e. The van der Waals surface area contributed by atoms with Crippen LogP contribution in [0.25, 0.3) is 0 Å². The van der Waals surface area contributed by atoms with Gasteiger partial charge in [-0.1, -0.05) is 44.2 Å². The Hall–Kier alpha value is -2.57. The Balaban J connectivity index is 2.80. The third-order valence-electron chi connectivity index (χ3n) is 3.52. The average Bonchev–Trinajstić information content (AvgIpc) is 2.50. The highest BCUT2D eigenvalue weighted by Gasteiger charge is 2.30. The summed E-state index contributed by atoms with van der Waals surface area (Å²) in [5, 5.41) is 14.4. The van der Waals surface area contributed by atoms with Crippen LogP contribution >= 0.6 is 0 Å². The van der Waals surface area contributed by atoms with Crippen LogP contribution in [0.2, 0.25) is 0 Å². The number of hydrogen-bond acceptors (Lipinski definition) is 4. The quantitative estimate of drug-likeness (QED) is 0.689. The standard InChI is InChI=1S/C19H28N2O5/c1-12(2)15(21-18(25)26-19(3,4)5)16(22)20-14(17(23)24)11-13-9-7-6-8-10-13/h6-10,12,14-15H,11H2,1-5H3,(H,20,22)(H,21,25)(H,23,24)/t14-,15-/m0/s1. The summed E-state index contributed by atoms with van der Waals surface area (Å²) < 4.78 is 5.17. The molecule has 0 spiro atoms. The molecule has 0 saturated carbocycles. The van der Waals surface area contributed by atoms with Crippen molar-refractivity contribution in [3.63, 3.8) is 0 Å². The normalized spacial score (nSPS) is 13.6. The molecule has 144 valence electrons. The molecule has 0 aliphatic heterocycles. The molecule has 0 bridgehead atoms. The molecule has 7 nitrogen and oxygen atoms in total. The molecule has 0 aromatic heterocycles. The predicted octanol–water partition coefficient (Wildman–Crippen LogP) is 2.35. The summed E-state index contributed by atoms with van der Waals surface area (Å²) in [6, 6.07) is 7.03. The zero-order chi connectivity index (χ0) is 19.9. The van der Waals surface area contributed by atoms with Crippen LogP contribution in [-0.4, -0.2) is 40.8 Å². The number of aliphatic carboxylic acids is 1. The van der Waals surface area contributed by atoms with Crippen molar-refractivity contribution in [2.24, 2.45) is 5.92 Å². The number of amides is 2. The van der Waals surface area contributed by atoms with Gasteiger partial charge in [-0.15, -0.1) is 0 Å². The lowest BCUT2D eigenvalue weighted by Crippen LogP contribution is -2.54. The molecule has 1 aromatic rings. The number of ether oxygens (including phenoxy) is 1. The molecule has 7 heteroatoms. The molecule has 0 aliphatic carbocycles. The third kappa shape index (κ3) is 7.55. The van der Waals surface area contributed by atoms with E-state index in [9.17, 15) is 19.5 Å². The van der Waals surface area contributed by atoms with E-state index in [1.165, 1.54) is 0 Å². The van der Waals surface area contributed by atoms with Crippen molar-refractivity contribution < 1.29 is 24.2 Å². The van der Waals surface area contributed by atoms with Crippen molar-refractivity contribution in [1.82, 2.24) is 10.6 Å². The molecule has 3 N–H and O–H groups in total. The number of hydrogen-bond donors (Lipinski definition) is 3. The van der Waals surface area contributed by atoms with Gasteiger partial charge < -0.3 is 20.5 Å². The van der Waals surface area contributed by atoms with E-state index < -0.39 is 35.7 Å². The zero-order valence-electron chi connectivity index (χ0n) is 15.9. The van der Waals surface area contributed by atoms with E-state index in [1.54, 1.807) is 58.9 Å². The predicted molar refractivity (Wildman–Crippen MR) is 97.7 cm³/mol. The molecule has 26 heavy (non-hydrogen) atoms. The fourth-order valence-corrected chi connectivity index (χ4v) is 2.28. The van der Waals surface area contributed by atoms with E-state index >= 15 is 0 Å². The van der Waals surface area contributed by atoms with Gasteiger partial charge in [0.2, 0.25) is 5.91 Å². The maximum absolute atomic E-state index is 12.5. The van der Waals surface area contributed by atoms with Gasteiger partial charge in [-0.3, -0.25) is 4.79 Å². The highest BCUT2D eigenvalue weighted by Crippen LogP contribution is 2.10. The molecule has 0 unspecified atom stereocenters. The lowest BCUT2D eigenvalue weighted by Gasteiger charge is -2.26. The van der Waals surface area contributed by atoms with Crippen LogP contribution in [0.15, 0.2) is 30.3 Å². The summed E-state index contributed by atoms with van der Waals surface area (Å²) in [4.78, 5) is 36.0. The molecular weight excluding hydrogens is 336 g/mol. The summed E-state index contributed by atoms with van der Waals surface area (Å²) in [5.74, 6) is -1.94. The van der Waals surface area contributed by atoms with Gasteiger partial charge in [0.25, 0.3) is 0 Å². The summed E-state index contributed by atoms with van der Waals surface area (Å²) in [6.07, 6.45) is -0.569. The number of rotatable bonds is 7. The van der Waals surface area contributed by atoms with Crippen molar-refractivity contribution in [1.29, 1.82) is 0 Å². The second-order valence-corrected chi connectivity index (χ2v) is 7.46. The Morgan fingerprint density at radius 3 is 2.12 bits per heavy atom. The molecule has 0 heterocycles. The summed E-state index contributed by atoms with van der Waals surface area (Å²) in [5.41, 5.74) is 0.0975. The number of carboxylic acid groups (broad SMARTS) is 1. The minimum Gasteiger partial charge on any atom is -0.480 e. The van der Waals surface area contributed by atoms with Crippen LogP contribution in [0.3, 0.4) is 0 Å². The third-order valence-corrected chi connectivity index (χ3v) is 3.52. The second-order valence-electron chi connectivity index (χ2n) is 7.46. The van der Waals surface area contributed by atoms with E-state index in [1.807, 2.05) is 6.07 Å². The number of carbonyl (C=O) groups is 3. The first-order valence-electron chi connectivity index (χ1n) is 8.56. The van der Waals surface area contributed by atoms with Crippen LogP contribution < -0.4 is 10.6 Å². The molecule has 1 rings (SSSR count). The topological polar surface area (TPSA) is 105 Å².